The van der Waals surface area contributed by atoms with E-state index in [0.717, 1.165) is 11.3 Å². The zero-order valence-corrected chi connectivity index (χ0v) is 10.2. The Labute approximate surface area is 101 Å². The Kier molecular flexibility index (Phi) is 2.75. The molecule has 0 radical (unpaired) electrons. The minimum absolute atomic E-state index is 0.0808. The van der Waals surface area contributed by atoms with Crippen LogP contribution in [0, 0.1) is 0 Å². The normalized spacial score (nSPS) is 20.6. The monoisotopic (exact) mass is 233 g/mol. The minimum atomic E-state index is -1.48. The summed E-state index contributed by atoms with van der Waals surface area (Å²) in [6.45, 7) is 5.58. The fourth-order valence-corrected chi connectivity index (χ4v) is 2.50. The van der Waals surface area contributed by atoms with Crippen LogP contribution >= 0.6 is 0 Å². The number of nitrogens with one attached hydrogen (secondary N) is 1. The molecule has 90 valence electrons. The summed E-state index contributed by atoms with van der Waals surface area (Å²) in [4.78, 5) is 11.6. The average Bonchev–Trinajstić information content (AvgIpc) is 2.50. The Bertz CT molecular complexity index is 471. The molecule has 1 atom stereocenters. The summed E-state index contributed by atoms with van der Waals surface area (Å²) >= 11 is 0. The Hall–Kier alpha value is -1.33. The van der Waals surface area contributed by atoms with Crippen molar-refractivity contribution in [2.75, 3.05) is 5.32 Å². The van der Waals surface area contributed by atoms with Gasteiger partial charge in [0.25, 0.3) is 0 Å². The van der Waals surface area contributed by atoms with E-state index in [9.17, 15) is 4.79 Å². The van der Waals surface area contributed by atoms with Gasteiger partial charge in [0.2, 0.25) is 0 Å². The number of hydrogen-bond acceptors (Lipinski definition) is 4. The first kappa shape index (κ1) is 12.1. The Morgan fingerprint density at radius 3 is 2.59 bits per heavy atom. The van der Waals surface area contributed by atoms with Crippen molar-refractivity contribution in [3.05, 3.63) is 23.8 Å². The molecule has 1 unspecified atom stereocenters. The first-order valence-electron chi connectivity index (χ1n) is 5.61. The van der Waals surface area contributed by atoms with Gasteiger partial charge in [-0.1, -0.05) is 26.0 Å². The van der Waals surface area contributed by atoms with Crippen molar-refractivity contribution < 1.29 is 14.8 Å². The number of ketones is 1. The quantitative estimate of drug-likeness (QED) is 0.630. The van der Waals surface area contributed by atoms with Gasteiger partial charge in [0.1, 0.15) is 0 Å². The minimum Gasteiger partial charge on any atom is -0.423 e. The molecule has 1 aromatic carbocycles. The van der Waals surface area contributed by atoms with Crippen LogP contribution in [0.2, 0.25) is 0 Å². The van der Waals surface area contributed by atoms with Gasteiger partial charge in [-0.2, -0.15) is 0 Å². The molecule has 3 N–H and O–H groups in total. The smallest absolute Gasteiger partial charge is 0.423 e. The van der Waals surface area contributed by atoms with Crippen molar-refractivity contribution in [1.82, 2.24) is 0 Å². The highest BCUT2D eigenvalue weighted by molar-refractivity contribution is 6.58. The maximum Gasteiger partial charge on any atom is 0.488 e. The molecule has 0 spiro atoms. The third kappa shape index (κ3) is 1.85. The van der Waals surface area contributed by atoms with E-state index in [0.29, 0.717) is 5.46 Å². The van der Waals surface area contributed by atoms with Gasteiger partial charge < -0.3 is 15.4 Å². The van der Waals surface area contributed by atoms with E-state index in [4.69, 9.17) is 10.0 Å². The second-order valence-electron chi connectivity index (χ2n) is 5.09. The largest absolute Gasteiger partial charge is 0.488 e. The van der Waals surface area contributed by atoms with Crippen molar-refractivity contribution >= 4 is 24.1 Å². The molecule has 2 rings (SSSR count). The second-order valence-corrected chi connectivity index (χ2v) is 5.09. The molecule has 1 aliphatic heterocycles. The third-order valence-electron chi connectivity index (χ3n) is 3.46. The molecule has 1 aromatic rings. The molecule has 0 saturated carbocycles. The summed E-state index contributed by atoms with van der Waals surface area (Å²) in [5, 5.41) is 21.4. The van der Waals surface area contributed by atoms with Crippen molar-refractivity contribution in [1.29, 1.82) is 0 Å². The zero-order valence-electron chi connectivity index (χ0n) is 10.2. The van der Waals surface area contributed by atoms with Crippen LogP contribution in [0.5, 0.6) is 0 Å². The maximum atomic E-state index is 11.6. The number of anilines is 1. The number of benzene rings is 1. The number of rotatable bonds is 2. The van der Waals surface area contributed by atoms with Crippen LogP contribution in [0.1, 0.15) is 26.3 Å². The molecule has 0 amide bonds. The fraction of sp³-hybridized carbons (Fsp3) is 0.417. The standard InChI is InChI=1S/C12H16BNO3/c1-7(15)11-12(2,3)9-5-4-8(13(16)17)6-10(9)14-11/h4-6,11,14,16-17H,1-3H3. The molecule has 1 heterocycles. The zero-order chi connectivity index (χ0) is 12.8. The number of Topliss-reactive ketones (excluding diaryl/α,β-unsaturated/α-hetero) is 1. The highest BCUT2D eigenvalue weighted by Gasteiger charge is 2.42. The first-order chi connectivity index (χ1) is 7.84. The Balaban J connectivity index is 2.47. The molecule has 0 saturated heterocycles. The van der Waals surface area contributed by atoms with Gasteiger partial charge in [-0.15, -0.1) is 0 Å². The topological polar surface area (TPSA) is 69.6 Å². The summed E-state index contributed by atoms with van der Waals surface area (Å²) < 4.78 is 0. The number of fused-ring (bicyclic) bond motifs is 1. The lowest BCUT2D eigenvalue weighted by Crippen LogP contribution is -2.38. The van der Waals surface area contributed by atoms with Crippen LogP contribution in [0.25, 0.3) is 0 Å². The van der Waals surface area contributed by atoms with E-state index in [2.05, 4.69) is 5.32 Å². The predicted octanol–water partition coefficient (Wildman–Crippen LogP) is 0.0271. The molecule has 5 heteroatoms. The van der Waals surface area contributed by atoms with Crippen LogP contribution in [0.4, 0.5) is 5.69 Å². The summed E-state index contributed by atoms with van der Waals surface area (Å²) in [6, 6.07) is 4.95. The highest BCUT2D eigenvalue weighted by atomic mass is 16.4. The third-order valence-corrected chi connectivity index (χ3v) is 3.46. The van der Waals surface area contributed by atoms with E-state index in [-0.39, 0.29) is 17.2 Å². The Morgan fingerprint density at radius 2 is 2.06 bits per heavy atom. The lowest BCUT2D eigenvalue weighted by atomic mass is 9.76. The van der Waals surface area contributed by atoms with E-state index in [1.54, 1.807) is 19.1 Å². The predicted molar refractivity (Wildman–Crippen MR) is 67.4 cm³/mol. The van der Waals surface area contributed by atoms with Gasteiger partial charge >= 0.3 is 7.12 Å². The van der Waals surface area contributed by atoms with Gasteiger partial charge in [0.15, 0.2) is 5.78 Å². The highest BCUT2D eigenvalue weighted by Crippen LogP contribution is 2.40. The van der Waals surface area contributed by atoms with Crippen molar-refractivity contribution in [2.45, 2.75) is 32.2 Å². The van der Waals surface area contributed by atoms with E-state index >= 15 is 0 Å². The van der Waals surface area contributed by atoms with Gasteiger partial charge in [-0.25, -0.2) is 0 Å². The van der Waals surface area contributed by atoms with E-state index < -0.39 is 7.12 Å². The fourth-order valence-electron chi connectivity index (χ4n) is 2.50. The molecule has 0 aliphatic carbocycles. The SMILES string of the molecule is CC(=O)C1Nc2cc(B(O)O)ccc2C1(C)C. The van der Waals surface area contributed by atoms with Crippen molar-refractivity contribution in [3.63, 3.8) is 0 Å². The number of hydrogen-bond donors (Lipinski definition) is 3. The van der Waals surface area contributed by atoms with E-state index in [1.165, 1.54) is 0 Å². The first-order valence-corrected chi connectivity index (χ1v) is 5.61. The lowest BCUT2D eigenvalue weighted by molar-refractivity contribution is -0.118. The van der Waals surface area contributed by atoms with Crippen LogP contribution in [0.3, 0.4) is 0 Å². The molecular formula is C12H16BNO3. The average molecular weight is 233 g/mol. The van der Waals surface area contributed by atoms with Gasteiger partial charge in [-0.3, -0.25) is 4.79 Å². The maximum absolute atomic E-state index is 11.6. The van der Waals surface area contributed by atoms with Crippen molar-refractivity contribution in [2.24, 2.45) is 0 Å². The summed E-state index contributed by atoms with van der Waals surface area (Å²) in [6.07, 6.45) is 0. The Morgan fingerprint density at radius 1 is 1.41 bits per heavy atom. The van der Waals surface area contributed by atoms with Crippen LogP contribution in [0.15, 0.2) is 18.2 Å². The lowest BCUT2D eigenvalue weighted by Gasteiger charge is -2.25. The van der Waals surface area contributed by atoms with Crippen LogP contribution in [-0.4, -0.2) is 29.0 Å². The van der Waals surface area contributed by atoms with Crippen LogP contribution < -0.4 is 10.8 Å². The molecule has 1 aliphatic rings. The van der Waals surface area contributed by atoms with Crippen LogP contribution in [-0.2, 0) is 10.2 Å². The summed E-state index contributed by atoms with van der Waals surface area (Å²) in [7, 11) is -1.48. The van der Waals surface area contributed by atoms with Crippen molar-refractivity contribution in [3.8, 4) is 0 Å². The summed E-state index contributed by atoms with van der Waals surface area (Å²) in [5.41, 5.74) is 1.99. The van der Waals surface area contributed by atoms with Gasteiger partial charge in [0.05, 0.1) is 6.04 Å². The molecule has 0 fully saturated rings. The summed E-state index contributed by atoms with van der Waals surface area (Å²) in [5.74, 6) is 0.0808. The van der Waals surface area contributed by atoms with Gasteiger partial charge in [-0.05, 0) is 24.0 Å². The molecular weight excluding hydrogens is 217 g/mol. The number of carbonyl (C=O) groups excluding carboxylic acids is 1. The molecule has 17 heavy (non-hydrogen) atoms. The second kappa shape index (κ2) is 3.86. The van der Waals surface area contributed by atoms with E-state index in [1.807, 2.05) is 19.9 Å². The number of carbonyl (C=O) groups is 1. The molecule has 4 nitrogen and oxygen atoms in total. The van der Waals surface area contributed by atoms with Gasteiger partial charge in [0, 0.05) is 11.1 Å². The molecule has 0 aromatic heterocycles. The molecule has 0 bridgehead atoms.